The summed E-state index contributed by atoms with van der Waals surface area (Å²) in [5.41, 5.74) is 1.28. The molecule has 3 atom stereocenters. The number of pyridine rings is 1. The van der Waals surface area contributed by atoms with E-state index in [-0.39, 0.29) is 19.0 Å². The number of nitrogens with one attached hydrogen (secondary N) is 1. The molecule has 0 bridgehead atoms. The lowest BCUT2D eigenvalue weighted by Gasteiger charge is -2.48. The van der Waals surface area contributed by atoms with Crippen LogP contribution < -0.4 is 4.90 Å². The van der Waals surface area contributed by atoms with Crippen LogP contribution in [0, 0.1) is 5.92 Å². The summed E-state index contributed by atoms with van der Waals surface area (Å²) in [6.45, 7) is 8.64. The number of hydrogen-bond donors (Lipinski definition) is 2. The Hall–Kier alpha value is -1.67. The summed E-state index contributed by atoms with van der Waals surface area (Å²) in [5.74, 6) is 1.40. The minimum absolute atomic E-state index is 0. The highest BCUT2D eigenvalue weighted by Gasteiger charge is 2.36. The Balaban J connectivity index is 0.00000240. The zero-order chi connectivity index (χ0) is 19.3. The van der Waals surface area contributed by atoms with Crippen LogP contribution in [-0.2, 0) is 0 Å². The van der Waals surface area contributed by atoms with E-state index < -0.39 is 0 Å². The predicted octanol–water partition coefficient (Wildman–Crippen LogP) is 2.18. The average Bonchev–Trinajstić information content (AvgIpc) is 3.29. The summed E-state index contributed by atoms with van der Waals surface area (Å²) in [6, 6.07) is 6.92. The normalized spacial score (nSPS) is 24.8. The van der Waals surface area contributed by atoms with Crippen LogP contribution in [0.25, 0.3) is 0 Å². The molecule has 29 heavy (non-hydrogen) atoms. The van der Waals surface area contributed by atoms with Gasteiger partial charge in [-0.2, -0.15) is 5.10 Å². The summed E-state index contributed by atoms with van der Waals surface area (Å²) in [4.78, 5) is 12.1. The van der Waals surface area contributed by atoms with Crippen LogP contribution >= 0.6 is 12.4 Å². The van der Waals surface area contributed by atoms with Gasteiger partial charge in [-0.05, 0) is 25.0 Å². The first-order chi connectivity index (χ1) is 13.8. The van der Waals surface area contributed by atoms with Gasteiger partial charge in [-0.3, -0.25) is 14.9 Å². The highest BCUT2D eigenvalue weighted by atomic mass is 35.5. The highest BCUT2D eigenvalue weighted by molar-refractivity contribution is 5.85. The van der Waals surface area contributed by atoms with E-state index in [0.717, 1.165) is 57.9 Å². The second kappa shape index (κ2) is 10.4. The Bertz CT molecular complexity index is 707. The smallest absolute Gasteiger partial charge is 0.128 e. The molecular formula is C21H33ClN6O. The largest absolute Gasteiger partial charge is 0.396 e. The number of piperidine rings is 1. The number of aromatic nitrogens is 3. The number of aromatic amines is 1. The van der Waals surface area contributed by atoms with E-state index in [0.29, 0.717) is 18.0 Å². The van der Waals surface area contributed by atoms with Crippen LogP contribution in [0.2, 0.25) is 0 Å². The first-order valence-electron chi connectivity index (χ1n) is 10.5. The number of anilines is 1. The standard InChI is InChI=1S/C21H32N6O.ClH/c1-2-19(18-13-23-24-14-18)25-9-11-26(12-10-25)20-15-27(8-6-17(20)16-28)21-5-3-4-7-22-21;/h3-5,7,13-14,17,19-20,28H,2,6,8-12,15-16H2,1H3,(H,23,24);1H. The first-order valence-corrected chi connectivity index (χ1v) is 10.5. The fourth-order valence-corrected chi connectivity index (χ4v) is 4.88. The van der Waals surface area contributed by atoms with E-state index in [1.165, 1.54) is 5.56 Å². The number of H-pyrrole nitrogens is 1. The molecule has 0 aliphatic carbocycles. The van der Waals surface area contributed by atoms with Gasteiger partial charge in [0.1, 0.15) is 5.82 Å². The van der Waals surface area contributed by atoms with Gasteiger partial charge in [-0.1, -0.05) is 13.0 Å². The van der Waals surface area contributed by atoms with Gasteiger partial charge in [-0.25, -0.2) is 4.98 Å². The molecule has 7 nitrogen and oxygen atoms in total. The van der Waals surface area contributed by atoms with Gasteiger partial charge < -0.3 is 10.0 Å². The van der Waals surface area contributed by atoms with Gasteiger partial charge in [0.15, 0.2) is 0 Å². The number of aliphatic hydroxyl groups excluding tert-OH is 1. The van der Waals surface area contributed by atoms with Crippen molar-refractivity contribution in [1.29, 1.82) is 0 Å². The van der Waals surface area contributed by atoms with Gasteiger partial charge in [-0.15, -0.1) is 12.4 Å². The van der Waals surface area contributed by atoms with E-state index in [1.54, 1.807) is 0 Å². The second-order valence-electron chi connectivity index (χ2n) is 7.96. The van der Waals surface area contributed by atoms with Crippen LogP contribution in [0.1, 0.15) is 31.4 Å². The quantitative estimate of drug-likeness (QED) is 0.746. The molecule has 0 aromatic carbocycles. The molecule has 0 radical (unpaired) electrons. The Kier molecular flexibility index (Phi) is 7.89. The summed E-state index contributed by atoms with van der Waals surface area (Å²) in [7, 11) is 0. The lowest BCUT2D eigenvalue weighted by molar-refractivity contribution is 0.0274. The number of halogens is 1. The van der Waals surface area contributed by atoms with Crippen molar-refractivity contribution in [3.8, 4) is 0 Å². The summed E-state index contributed by atoms with van der Waals surface area (Å²) in [5, 5.41) is 17.1. The maximum absolute atomic E-state index is 9.97. The van der Waals surface area contributed by atoms with Crippen LogP contribution in [0.5, 0.6) is 0 Å². The molecule has 2 aromatic heterocycles. The summed E-state index contributed by atoms with van der Waals surface area (Å²) in [6.07, 6.45) is 7.95. The predicted molar refractivity (Wildman–Crippen MR) is 117 cm³/mol. The molecule has 2 aliphatic rings. The van der Waals surface area contributed by atoms with Crippen LogP contribution in [0.15, 0.2) is 36.8 Å². The Morgan fingerprint density at radius 3 is 2.66 bits per heavy atom. The summed E-state index contributed by atoms with van der Waals surface area (Å²) >= 11 is 0. The van der Waals surface area contributed by atoms with E-state index in [4.69, 9.17) is 0 Å². The van der Waals surface area contributed by atoms with Crippen molar-refractivity contribution in [2.24, 2.45) is 5.92 Å². The topological polar surface area (TPSA) is 71.5 Å². The molecule has 4 heterocycles. The minimum atomic E-state index is 0. The molecule has 2 N–H and O–H groups in total. The molecule has 0 amide bonds. The van der Waals surface area contributed by atoms with E-state index >= 15 is 0 Å². The fraction of sp³-hybridized carbons (Fsp3) is 0.619. The third-order valence-corrected chi connectivity index (χ3v) is 6.48. The van der Waals surface area contributed by atoms with Gasteiger partial charge >= 0.3 is 0 Å². The molecule has 2 saturated heterocycles. The van der Waals surface area contributed by atoms with Crippen molar-refractivity contribution < 1.29 is 5.11 Å². The van der Waals surface area contributed by atoms with Crippen molar-refractivity contribution >= 4 is 18.2 Å². The number of rotatable bonds is 6. The minimum Gasteiger partial charge on any atom is -0.396 e. The molecule has 3 unspecified atom stereocenters. The van der Waals surface area contributed by atoms with Crippen molar-refractivity contribution in [3.63, 3.8) is 0 Å². The third-order valence-electron chi connectivity index (χ3n) is 6.48. The molecule has 2 fully saturated rings. The number of nitrogens with zero attached hydrogens (tertiary/aromatic N) is 5. The van der Waals surface area contributed by atoms with Crippen LogP contribution in [0.3, 0.4) is 0 Å². The van der Waals surface area contributed by atoms with Gasteiger partial charge in [0.05, 0.1) is 6.20 Å². The van der Waals surface area contributed by atoms with E-state index in [1.807, 2.05) is 24.7 Å². The number of hydrogen-bond acceptors (Lipinski definition) is 6. The molecule has 8 heteroatoms. The van der Waals surface area contributed by atoms with Gasteiger partial charge in [0, 0.05) is 81.8 Å². The molecular weight excluding hydrogens is 388 g/mol. The van der Waals surface area contributed by atoms with Crippen molar-refractivity contribution in [2.75, 3.05) is 50.8 Å². The van der Waals surface area contributed by atoms with Crippen molar-refractivity contribution in [1.82, 2.24) is 25.0 Å². The number of aliphatic hydroxyl groups is 1. The Morgan fingerprint density at radius 2 is 2.03 bits per heavy atom. The van der Waals surface area contributed by atoms with Crippen molar-refractivity contribution in [3.05, 3.63) is 42.4 Å². The Morgan fingerprint density at radius 1 is 1.21 bits per heavy atom. The first kappa shape index (κ1) is 22.0. The van der Waals surface area contributed by atoms with Crippen LogP contribution in [-0.4, -0.2) is 82.0 Å². The van der Waals surface area contributed by atoms with E-state index in [9.17, 15) is 5.11 Å². The highest BCUT2D eigenvalue weighted by Crippen LogP contribution is 2.29. The zero-order valence-electron chi connectivity index (χ0n) is 17.2. The molecule has 2 aliphatic heterocycles. The molecule has 0 spiro atoms. The van der Waals surface area contributed by atoms with Crippen molar-refractivity contribution in [2.45, 2.75) is 31.8 Å². The number of piperazine rings is 1. The Labute approximate surface area is 179 Å². The monoisotopic (exact) mass is 420 g/mol. The fourth-order valence-electron chi connectivity index (χ4n) is 4.88. The second-order valence-corrected chi connectivity index (χ2v) is 7.96. The SMILES string of the molecule is CCC(c1cn[nH]c1)N1CCN(C2CN(c3ccccn3)CCC2CO)CC1.Cl. The average molecular weight is 421 g/mol. The van der Waals surface area contributed by atoms with Crippen LogP contribution in [0.4, 0.5) is 5.82 Å². The molecule has 4 rings (SSSR count). The maximum Gasteiger partial charge on any atom is 0.128 e. The third kappa shape index (κ3) is 4.91. The van der Waals surface area contributed by atoms with Gasteiger partial charge in [0.25, 0.3) is 0 Å². The lowest BCUT2D eigenvalue weighted by atomic mass is 9.90. The maximum atomic E-state index is 9.97. The summed E-state index contributed by atoms with van der Waals surface area (Å²) < 4.78 is 0. The zero-order valence-corrected chi connectivity index (χ0v) is 18.0. The molecule has 0 saturated carbocycles. The molecule has 2 aromatic rings. The van der Waals surface area contributed by atoms with E-state index in [2.05, 4.69) is 48.9 Å². The molecule has 160 valence electrons. The van der Waals surface area contributed by atoms with Gasteiger partial charge in [0.2, 0.25) is 0 Å². The lowest BCUT2D eigenvalue weighted by Crippen LogP contribution is -2.59.